The smallest absolute Gasteiger partial charge is 0.322 e. The molecule has 3 amide bonds. The van der Waals surface area contributed by atoms with Crippen LogP contribution in [0.5, 0.6) is 0 Å². The Morgan fingerprint density at radius 1 is 1.03 bits per heavy atom. The molecule has 9 heteroatoms. The molecule has 8 nitrogen and oxygen atoms in total. The molecule has 0 radical (unpaired) electrons. The van der Waals surface area contributed by atoms with Crippen molar-refractivity contribution in [3.63, 3.8) is 0 Å². The zero-order valence-electron chi connectivity index (χ0n) is 15.9. The monoisotopic (exact) mass is 425 g/mol. The van der Waals surface area contributed by atoms with Crippen LogP contribution < -0.4 is 10.6 Å². The van der Waals surface area contributed by atoms with Gasteiger partial charge < -0.3 is 20.6 Å². The van der Waals surface area contributed by atoms with E-state index in [9.17, 15) is 14.7 Å². The number of hydrogen-bond donors (Lipinski definition) is 3. The van der Waals surface area contributed by atoms with Crippen molar-refractivity contribution in [1.29, 1.82) is 0 Å². The van der Waals surface area contributed by atoms with Gasteiger partial charge in [0.05, 0.1) is 11.8 Å². The molecule has 0 aliphatic carbocycles. The number of nitrogens with zero attached hydrogens (tertiary/aromatic N) is 3. The van der Waals surface area contributed by atoms with Crippen LogP contribution in [0.15, 0.2) is 67.0 Å². The number of amides is 3. The number of carbonyl (C=O) groups is 2. The Balaban J connectivity index is 1.42. The SMILES string of the molecule is O=C(Nc1ccc(-n2cccn2)cc1)[C@H]1C[C@@H](O)CN1C(=O)Nc1ccc(Cl)cc1. The van der Waals surface area contributed by atoms with Crippen molar-refractivity contribution in [2.24, 2.45) is 0 Å². The quantitative estimate of drug-likeness (QED) is 0.598. The third kappa shape index (κ3) is 4.45. The van der Waals surface area contributed by atoms with Crippen LogP contribution >= 0.6 is 11.6 Å². The lowest BCUT2D eigenvalue weighted by molar-refractivity contribution is -0.119. The van der Waals surface area contributed by atoms with E-state index >= 15 is 0 Å². The third-order valence-electron chi connectivity index (χ3n) is 4.84. The zero-order valence-corrected chi connectivity index (χ0v) is 16.7. The molecule has 3 N–H and O–H groups in total. The van der Waals surface area contributed by atoms with Crippen molar-refractivity contribution in [1.82, 2.24) is 14.7 Å². The van der Waals surface area contributed by atoms with Crippen molar-refractivity contribution in [3.05, 3.63) is 72.0 Å². The number of aromatic nitrogens is 2. The Morgan fingerprint density at radius 3 is 2.37 bits per heavy atom. The van der Waals surface area contributed by atoms with Crippen LogP contribution in [-0.2, 0) is 4.79 Å². The predicted molar refractivity (Wildman–Crippen MR) is 114 cm³/mol. The first kappa shape index (κ1) is 19.9. The molecule has 0 bridgehead atoms. The summed E-state index contributed by atoms with van der Waals surface area (Å²) < 4.78 is 1.71. The summed E-state index contributed by atoms with van der Waals surface area (Å²) in [5, 5.41) is 20.3. The summed E-state index contributed by atoms with van der Waals surface area (Å²) in [5.74, 6) is -0.357. The Hall–Kier alpha value is -3.36. The summed E-state index contributed by atoms with van der Waals surface area (Å²) in [6, 6.07) is 14.4. The van der Waals surface area contributed by atoms with Crippen LogP contribution in [0.25, 0.3) is 5.69 Å². The van der Waals surface area contributed by atoms with Gasteiger partial charge in [-0.25, -0.2) is 9.48 Å². The number of aliphatic hydroxyl groups is 1. The van der Waals surface area contributed by atoms with Gasteiger partial charge >= 0.3 is 6.03 Å². The molecule has 30 heavy (non-hydrogen) atoms. The van der Waals surface area contributed by atoms with Crippen LogP contribution in [0.4, 0.5) is 16.2 Å². The molecule has 0 unspecified atom stereocenters. The molecule has 0 saturated carbocycles. The standard InChI is InChI=1S/C21H20ClN5O3/c22-14-2-4-16(5-3-14)25-21(30)26-13-18(28)12-19(26)20(29)24-15-6-8-17(9-7-15)27-11-1-10-23-27/h1-11,18-19,28H,12-13H2,(H,24,29)(H,25,30)/t18-,19-/m1/s1. The van der Waals surface area contributed by atoms with E-state index < -0.39 is 18.2 Å². The lowest BCUT2D eigenvalue weighted by Gasteiger charge is -2.24. The number of β-amino-alcohol motifs (C(OH)–C–C–N with tert-alkyl or cyclic N) is 1. The van der Waals surface area contributed by atoms with E-state index in [4.69, 9.17) is 11.6 Å². The number of carbonyl (C=O) groups excluding carboxylic acids is 2. The summed E-state index contributed by atoms with van der Waals surface area (Å²) in [6.07, 6.45) is 2.92. The van der Waals surface area contributed by atoms with E-state index in [0.717, 1.165) is 5.69 Å². The second-order valence-electron chi connectivity index (χ2n) is 6.98. The van der Waals surface area contributed by atoms with E-state index in [1.807, 2.05) is 24.4 Å². The average Bonchev–Trinajstić information content (AvgIpc) is 3.40. The Morgan fingerprint density at radius 2 is 1.70 bits per heavy atom. The first-order valence-electron chi connectivity index (χ1n) is 9.42. The van der Waals surface area contributed by atoms with Gasteiger partial charge in [-0.2, -0.15) is 5.10 Å². The molecular weight excluding hydrogens is 406 g/mol. The minimum Gasteiger partial charge on any atom is -0.391 e. The fourth-order valence-electron chi connectivity index (χ4n) is 3.36. The Kier molecular flexibility index (Phi) is 5.69. The molecular formula is C21H20ClN5O3. The van der Waals surface area contributed by atoms with Gasteiger partial charge in [0.25, 0.3) is 0 Å². The van der Waals surface area contributed by atoms with Crippen molar-refractivity contribution < 1.29 is 14.7 Å². The summed E-state index contributed by atoms with van der Waals surface area (Å²) >= 11 is 5.86. The summed E-state index contributed by atoms with van der Waals surface area (Å²) in [6.45, 7) is 0.0791. The minimum absolute atomic E-state index is 0.0791. The number of benzene rings is 2. The highest BCUT2D eigenvalue weighted by atomic mass is 35.5. The molecule has 1 aliphatic heterocycles. The molecule has 1 aromatic heterocycles. The predicted octanol–water partition coefficient (Wildman–Crippen LogP) is 3.13. The molecule has 154 valence electrons. The van der Waals surface area contributed by atoms with E-state index in [2.05, 4.69) is 15.7 Å². The van der Waals surface area contributed by atoms with Gasteiger partial charge in [-0.15, -0.1) is 0 Å². The zero-order chi connectivity index (χ0) is 21.1. The van der Waals surface area contributed by atoms with Crippen LogP contribution in [-0.4, -0.2) is 50.4 Å². The summed E-state index contributed by atoms with van der Waals surface area (Å²) in [7, 11) is 0. The first-order chi connectivity index (χ1) is 14.5. The highest BCUT2D eigenvalue weighted by Crippen LogP contribution is 2.22. The molecule has 0 spiro atoms. The van der Waals surface area contributed by atoms with Gasteiger partial charge in [-0.3, -0.25) is 4.79 Å². The maximum Gasteiger partial charge on any atom is 0.322 e. The van der Waals surface area contributed by atoms with Crippen molar-refractivity contribution in [2.75, 3.05) is 17.2 Å². The second kappa shape index (κ2) is 8.56. The van der Waals surface area contributed by atoms with E-state index in [1.54, 1.807) is 47.3 Å². The molecule has 1 aliphatic rings. The normalized spacial score (nSPS) is 18.3. The number of hydrogen-bond acceptors (Lipinski definition) is 4. The van der Waals surface area contributed by atoms with Crippen molar-refractivity contribution in [2.45, 2.75) is 18.6 Å². The van der Waals surface area contributed by atoms with Crippen molar-refractivity contribution in [3.8, 4) is 5.69 Å². The van der Waals surface area contributed by atoms with Gasteiger partial charge in [-0.1, -0.05) is 11.6 Å². The van der Waals surface area contributed by atoms with Crippen LogP contribution in [0.1, 0.15) is 6.42 Å². The Bertz CT molecular complexity index is 1020. The molecule has 2 atom stereocenters. The maximum atomic E-state index is 12.8. The number of anilines is 2. The van der Waals surface area contributed by atoms with Gasteiger partial charge in [0.2, 0.25) is 5.91 Å². The summed E-state index contributed by atoms with van der Waals surface area (Å²) in [5.41, 5.74) is 2.01. The van der Waals surface area contributed by atoms with Crippen molar-refractivity contribution >= 4 is 34.9 Å². The fraction of sp³-hybridized carbons (Fsp3) is 0.190. The minimum atomic E-state index is -0.780. The molecule has 4 rings (SSSR count). The van der Waals surface area contributed by atoms with Crippen LogP contribution in [0.2, 0.25) is 5.02 Å². The lowest BCUT2D eigenvalue weighted by atomic mass is 10.2. The molecule has 1 saturated heterocycles. The lowest BCUT2D eigenvalue weighted by Crippen LogP contribution is -2.45. The maximum absolute atomic E-state index is 12.8. The topological polar surface area (TPSA) is 99.5 Å². The number of urea groups is 1. The molecule has 1 fully saturated rings. The molecule has 3 aromatic rings. The number of halogens is 1. The Labute approximate surface area is 178 Å². The average molecular weight is 426 g/mol. The van der Waals surface area contributed by atoms with E-state index in [0.29, 0.717) is 16.4 Å². The molecule has 2 heterocycles. The third-order valence-corrected chi connectivity index (χ3v) is 5.09. The van der Waals surface area contributed by atoms with E-state index in [-0.39, 0.29) is 18.9 Å². The molecule has 2 aromatic carbocycles. The van der Waals surface area contributed by atoms with Crippen LogP contribution in [0, 0.1) is 0 Å². The van der Waals surface area contributed by atoms with Crippen LogP contribution in [0.3, 0.4) is 0 Å². The number of aliphatic hydroxyl groups excluding tert-OH is 1. The van der Waals surface area contributed by atoms with Gasteiger partial charge in [0, 0.05) is 41.8 Å². The van der Waals surface area contributed by atoms with Gasteiger partial charge in [0.15, 0.2) is 0 Å². The van der Waals surface area contributed by atoms with Gasteiger partial charge in [0.1, 0.15) is 6.04 Å². The number of rotatable bonds is 4. The highest BCUT2D eigenvalue weighted by Gasteiger charge is 2.39. The second-order valence-corrected chi connectivity index (χ2v) is 7.42. The largest absolute Gasteiger partial charge is 0.391 e. The summed E-state index contributed by atoms with van der Waals surface area (Å²) in [4.78, 5) is 26.8. The van der Waals surface area contributed by atoms with Gasteiger partial charge in [-0.05, 0) is 54.6 Å². The van der Waals surface area contributed by atoms with E-state index in [1.165, 1.54) is 4.90 Å². The first-order valence-corrected chi connectivity index (χ1v) is 9.79. The number of nitrogens with one attached hydrogen (secondary N) is 2. The highest BCUT2D eigenvalue weighted by molar-refractivity contribution is 6.30. The fourth-order valence-corrected chi connectivity index (χ4v) is 3.49. The number of likely N-dealkylation sites (tertiary alicyclic amines) is 1.